The minimum atomic E-state index is -0.0422. The lowest BCUT2D eigenvalue weighted by Gasteiger charge is -2.30. The maximum Gasteiger partial charge on any atom is 0.259 e. The molecule has 1 amide bonds. The third-order valence-electron chi connectivity index (χ3n) is 5.64. The van der Waals surface area contributed by atoms with Gasteiger partial charge >= 0.3 is 0 Å². The molecule has 0 aliphatic carbocycles. The summed E-state index contributed by atoms with van der Waals surface area (Å²) >= 11 is 3.14. The van der Waals surface area contributed by atoms with E-state index in [2.05, 4.69) is 37.7 Å². The molecule has 5 nitrogen and oxygen atoms in total. The predicted molar refractivity (Wildman–Crippen MR) is 119 cm³/mol. The van der Waals surface area contributed by atoms with E-state index in [1.54, 1.807) is 11.3 Å². The minimum absolute atomic E-state index is 0.0422. The maximum atomic E-state index is 12.7. The van der Waals surface area contributed by atoms with Gasteiger partial charge in [-0.15, -0.1) is 23.1 Å². The van der Waals surface area contributed by atoms with E-state index in [1.807, 2.05) is 4.90 Å². The number of H-pyrrole nitrogens is 1. The first kappa shape index (κ1) is 21.4. The number of carbonyl (C=O) groups excluding carboxylic acids is 1. The standard InChI is InChI=1S/C21H31N3O2S2/c1-5-13(2)9-16-15(4)28-21-19(16)20(26)22-17(23-21)11-27-12-18(25)24-8-6-7-14(3)10-24/h13-14H,5-12H2,1-4H3,(H,22,23,26)/t13-,14-/m0/s1. The Morgan fingerprint density at radius 1 is 1.46 bits per heavy atom. The number of fused-ring (bicyclic) bond motifs is 1. The van der Waals surface area contributed by atoms with Gasteiger partial charge in [0, 0.05) is 18.0 Å². The Hall–Kier alpha value is -1.34. The number of piperidine rings is 1. The third-order valence-corrected chi connectivity index (χ3v) is 7.61. The Morgan fingerprint density at radius 3 is 2.96 bits per heavy atom. The van der Waals surface area contributed by atoms with Crippen LogP contribution in [0.15, 0.2) is 4.79 Å². The van der Waals surface area contributed by atoms with E-state index >= 15 is 0 Å². The van der Waals surface area contributed by atoms with Crippen LogP contribution in [-0.4, -0.2) is 39.6 Å². The number of aryl methyl sites for hydroxylation is 1. The Bertz CT molecular complexity index is 890. The first-order valence-electron chi connectivity index (χ1n) is 10.3. The molecule has 0 bridgehead atoms. The van der Waals surface area contributed by atoms with E-state index in [9.17, 15) is 9.59 Å². The molecule has 1 saturated heterocycles. The molecule has 0 radical (unpaired) electrons. The van der Waals surface area contributed by atoms with Gasteiger partial charge in [0.1, 0.15) is 10.7 Å². The highest BCUT2D eigenvalue weighted by molar-refractivity contribution is 7.99. The number of nitrogens with one attached hydrogen (secondary N) is 1. The number of rotatable bonds is 7. The third kappa shape index (κ3) is 4.98. The van der Waals surface area contributed by atoms with Crippen molar-refractivity contribution in [3.8, 4) is 0 Å². The summed E-state index contributed by atoms with van der Waals surface area (Å²) in [7, 11) is 0. The molecular weight excluding hydrogens is 390 g/mol. The van der Waals surface area contributed by atoms with Crippen molar-refractivity contribution in [3.05, 3.63) is 26.6 Å². The number of amides is 1. The fraction of sp³-hybridized carbons (Fsp3) is 0.667. The van der Waals surface area contributed by atoms with Crippen LogP contribution in [0.1, 0.15) is 56.3 Å². The number of nitrogens with zero attached hydrogens (tertiary/aromatic N) is 2. The zero-order valence-corrected chi connectivity index (χ0v) is 19.0. The maximum absolute atomic E-state index is 12.7. The summed E-state index contributed by atoms with van der Waals surface area (Å²) in [6, 6.07) is 0. The van der Waals surface area contributed by atoms with Gasteiger partial charge in [-0.25, -0.2) is 4.98 Å². The van der Waals surface area contributed by atoms with Gasteiger partial charge in [-0.3, -0.25) is 9.59 Å². The normalized spacial score (nSPS) is 18.6. The van der Waals surface area contributed by atoms with Crippen molar-refractivity contribution >= 4 is 39.2 Å². The smallest absolute Gasteiger partial charge is 0.259 e. The van der Waals surface area contributed by atoms with Crippen LogP contribution in [0.3, 0.4) is 0 Å². The largest absolute Gasteiger partial charge is 0.342 e. The number of aromatic nitrogens is 2. The zero-order valence-electron chi connectivity index (χ0n) is 17.3. The average Bonchev–Trinajstić information content (AvgIpc) is 2.97. The Kier molecular flexibility index (Phi) is 7.20. The van der Waals surface area contributed by atoms with Crippen LogP contribution < -0.4 is 5.56 Å². The van der Waals surface area contributed by atoms with Crippen LogP contribution in [-0.2, 0) is 17.0 Å². The van der Waals surface area contributed by atoms with Crippen molar-refractivity contribution in [1.29, 1.82) is 0 Å². The molecular formula is C21H31N3O2S2. The first-order chi connectivity index (χ1) is 13.4. The first-order valence-corrected chi connectivity index (χ1v) is 12.2. The van der Waals surface area contributed by atoms with Gasteiger partial charge in [-0.1, -0.05) is 27.2 Å². The van der Waals surface area contributed by atoms with Gasteiger partial charge < -0.3 is 9.88 Å². The summed E-state index contributed by atoms with van der Waals surface area (Å²) in [6.07, 6.45) is 4.33. The number of thiophene rings is 1. The number of aromatic amines is 1. The molecule has 1 aliphatic rings. The highest BCUT2D eigenvalue weighted by atomic mass is 32.2. The van der Waals surface area contributed by atoms with Crippen LogP contribution in [0, 0.1) is 18.8 Å². The van der Waals surface area contributed by atoms with Crippen molar-refractivity contribution < 1.29 is 4.79 Å². The molecule has 0 aromatic carbocycles. The number of hydrogen-bond acceptors (Lipinski definition) is 5. The van der Waals surface area contributed by atoms with Crippen molar-refractivity contribution in [1.82, 2.24) is 14.9 Å². The molecule has 2 aromatic rings. The molecule has 2 atom stereocenters. The summed E-state index contributed by atoms with van der Waals surface area (Å²) in [5.41, 5.74) is 1.11. The molecule has 1 aliphatic heterocycles. The van der Waals surface area contributed by atoms with Gasteiger partial charge in [0.15, 0.2) is 0 Å². The molecule has 154 valence electrons. The number of hydrogen-bond donors (Lipinski definition) is 1. The lowest BCUT2D eigenvalue weighted by molar-refractivity contribution is -0.130. The number of carbonyl (C=O) groups is 1. The van der Waals surface area contributed by atoms with Gasteiger partial charge in [0.2, 0.25) is 5.91 Å². The second-order valence-electron chi connectivity index (χ2n) is 8.13. The Morgan fingerprint density at radius 2 is 2.25 bits per heavy atom. The molecule has 1 N–H and O–H groups in total. The fourth-order valence-corrected chi connectivity index (χ4v) is 5.63. The Labute approximate surface area is 175 Å². The van der Waals surface area contributed by atoms with E-state index < -0.39 is 0 Å². The topological polar surface area (TPSA) is 66.1 Å². The van der Waals surface area contributed by atoms with E-state index in [0.717, 1.165) is 48.1 Å². The van der Waals surface area contributed by atoms with E-state index in [4.69, 9.17) is 0 Å². The lowest BCUT2D eigenvalue weighted by Crippen LogP contribution is -2.40. The zero-order chi connectivity index (χ0) is 20.3. The second-order valence-corrected chi connectivity index (χ2v) is 10.3. The highest BCUT2D eigenvalue weighted by Gasteiger charge is 2.21. The lowest BCUT2D eigenvalue weighted by atomic mass is 9.98. The van der Waals surface area contributed by atoms with Gasteiger partial charge in [0.25, 0.3) is 5.56 Å². The quantitative estimate of drug-likeness (QED) is 0.721. The van der Waals surface area contributed by atoms with E-state index in [1.165, 1.54) is 23.1 Å². The molecule has 0 unspecified atom stereocenters. The molecule has 3 heterocycles. The van der Waals surface area contributed by atoms with Gasteiger partial charge in [-0.2, -0.15) is 0 Å². The number of thioether (sulfide) groups is 1. The van der Waals surface area contributed by atoms with E-state index in [0.29, 0.717) is 29.2 Å². The average molecular weight is 422 g/mol. The molecule has 2 aromatic heterocycles. The molecule has 0 spiro atoms. The molecule has 7 heteroatoms. The van der Waals surface area contributed by atoms with Gasteiger partial charge in [-0.05, 0) is 43.6 Å². The summed E-state index contributed by atoms with van der Waals surface area (Å²) in [6.45, 7) is 10.4. The molecule has 28 heavy (non-hydrogen) atoms. The van der Waals surface area contributed by atoms with Crippen molar-refractivity contribution in [3.63, 3.8) is 0 Å². The minimum Gasteiger partial charge on any atom is -0.342 e. The van der Waals surface area contributed by atoms with E-state index in [-0.39, 0.29) is 11.5 Å². The van der Waals surface area contributed by atoms with Crippen LogP contribution in [0.25, 0.3) is 10.2 Å². The summed E-state index contributed by atoms with van der Waals surface area (Å²) < 4.78 is 0. The van der Waals surface area contributed by atoms with Crippen molar-refractivity contribution in [2.24, 2.45) is 11.8 Å². The van der Waals surface area contributed by atoms with Crippen molar-refractivity contribution in [2.45, 2.75) is 59.1 Å². The summed E-state index contributed by atoms with van der Waals surface area (Å²) in [5, 5.41) is 0.759. The second kappa shape index (κ2) is 9.44. The predicted octanol–water partition coefficient (Wildman–Crippen LogP) is 4.37. The van der Waals surface area contributed by atoms with Crippen LogP contribution >= 0.6 is 23.1 Å². The highest BCUT2D eigenvalue weighted by Crippen LogP contribution is 2.30. The number of likely N-dealkylation sites (tertiary alicyclic amines) is 1. The Balaban J connectivity index is 1.66. The van der Waals surface area contributed by atoms with Crippen molar-refractivity contribution in [2.75, 3.05) is 18.8 Å². The molecule has 3 rings (SSSR count). The molecule has 1 fully saturated rings. The SMILES string of the molecule is CC[C@H](C)Cc1c(C)sc2nc(CSCC(=O)N3CCC[C@H](C)C3)[nH]c(=O)c12. The van der Waals surface area contributed by atoms with Crippen LogP contribution in [0.2, 0.25) is 0 Å². The van der Waals surface area contributed by atoms with Crippen LogP contribution in [0.4, 0.5) is 0 Å². The fourth-order valence-electron chi connectivity index (χ4n) is 3.77. The molecule has 0 saturated carbocycles. The monoisotopic (exact) mass is 421 g/mol. The summed E-state index contributed by atoms with van der Waals surface area (Å²) in [5.74, 6) is 3.00. The summed E-state index contributed by atoms with van der Waals surface area (Å²) in [4.78, 5) is 36.7. The van der Waals surface area contributed by atoms with Crippen LogP contribution in [0.5, 0.6) is 0 Å². The van der Waals surface area contributed by atoms with Gasteiger partial charge in [0.05, 0.1) is 16.9 Å².